The number of nitrogens with zero attached hydrogens (tertiary/aromatic N) is 3. The third-order valence-electron chi connectivity index (χ3n) is 5.88. The van der Waals surface area contributed by atoms with E-state index in [4.69, 9.17) is 4.42 Å². The summed E-state index contributed by atoms with van der Waals surface area (Å²) in [5, 5.41) is 3.22. The summed E-state index contributed by atoms with van der Waals surface area (Å²) in [5.74, 6) is -0.0338. The van der Waals surface area contributed by atoms with Crippen molar-refractivity contribution in [3.8, 4) is 0 Å². The molecule has 2 aromatic carbocycles. The zero-order chi connectivity index (χ0) is 24.1. The van der Waals surface area contributed by atoms with Crippen LogP contribution in [0.25, 0.3) is 11.1 Å². The van der Waals surface area contributed by atoms with Crippen molar-refractivity contribution < 1.29 is 17.6 Å². The van der Waals surface area contributed by atoms with E-state index in [1.807, 2.05) is 24.3 Å². The molecular weight excluding hydrogens is 508 g/mol. The third kappa shape index (κ3) is 6.49. The predicted molar refractivity (Wildman–Crippen MR) is 143 cm³/mol. The molecule has 2 heterocycles. The summed E-state index contributed by atoms with van der Waals surface area (Å²) < 4.78 is 32.6. The van der Waals surface area contributed by atoms with Crippen molar-refractivity contribution in [1.82, 2.24) is 9.29 Å². The van der Waals surface area contributed by atoms with Gasteiger partial charge < -0.3 is 14.6 Å². The van der Waals surface area contributed by atoms with E-state index in [0.717, 1.165) is 18.8 Å². The molecule has 4 rings (SSSR count). The van der Waals surface area contributed by atoms with Gasteiger partial charge in [0, 0.05) is 37.6 Å². The lowest BCUT2D eigenvalue weighted by Gasteiger charge is -2.28. The Morgan fingerprint density at radius 3 is 2.43 bits per heavy atom. The van der Waals surface area contributed by atoms with Crippen molar-refractivity contribution in [2.45, 2.75) is 43.2 Å². The lowest BCUT2D eigenvalue weighted by molar-refractivity contribution is -0.113. The number of fused-ring (bicyclic) bond motifs is 1. The van der Waals surface area contributed by atoms with Gasteiger partial charge in [0.1, 0.15) is 5.52 Å². The minimum absolute atomic E-state index is 0. The first-order valence-corrected chi connectivity index (χ1v) is 14.0. The monoisotopic (exact) mass is 538 g/mol. The van der Waals surface area contributed by atoms with Gasteiger partial charge in [0.2, 0.25) is 15.9 Å². The van der Waals surface area contributed by atoms with Crippen LogP contribution >= 0.6 is 24.2 Å². The molecule has 8 nitrogen and oxygen atoms in total. The second kappa shape index (κ2) is 12.1. The summed E-state index contributed by atoms with van der Waals surface area (Å²) in [6.07, 6.45) is 3.73. The van der Waals surface area contributed by atoms with Crippen LogP contribution in [-0.4, -0.2) is 55.5 Å². The molecule has 0 spiro atoms. The zero-order valence-corrected chi connectivity index (χ0v) is 22.3. The van der Waals surface area contributed by atoms with Crippen LogP contribution in [0, 0.1) is 0 Å². The number of carbonyl (C=O) groups is 1. The summed E-state index contributed by atoms with van der Waals surface area (Å²) in [4.78, 5) is 19.3. The summed E-state index contributed by atoms with van der Waals surface area (Å²) in [7, 11) is -3.58. The quantitative estimate of drug-likeness (QED) is 0.383. The maximum atomic E-state index is 12.8. The first kappa shape index (κ1) is 27.3. The van der Waals surface area contributed by atoms with Crippen LogP contribution in [-0.2, 0) is 14.8 Å². The smallest absolute Gasteiger partial charge is 0.257 e. The van der Waals surface area contributed by atoms with Crippen molar-refractivity contribution in [2.24, 2.45) is 0 Å². The second-order valence-corrected chi connectivity index (χ2v) is 11.0. The van der Waals surface area contributed by atoms with Crippen LogP contribution in [0.1, 0.15) is 33.1 Å². The van der Waals surface area contributed by atoms with Crippen LogP contribution in [0.5, 0.6) is 0 Å². The highest BCUT2D eigenvalue weighted by Gasteiger charge is 2.23. The first-order valence-electron chi connectivity index (χ1n) is 11.6. The van der Waals surface area contributed by atoms with Gasteiger partial charge in [-0.05, 0) is 61.7 Å². The molecule has 1 amide bonds. The standard InChI is InChI=1S/C24H30N4O4S2.ClH/c1-3-28(4-2)34(30,31)20-12-13-22-21(16-20)26-24(32-22)33-17-23(29)25-18-8-10-19(11-9-18)27-14-6-5-7-15-27;/h8-13,16H,3-7,14-15,17H2,1-2H3,(H,25,29);1H. The Labute approximate surface area is 216 Å². The fourth-order valence-corrected chi connectivity index (χ4v) is 6.17. The number of aromatic nitrogens is 1. The molecule has 1 aromatic heterocycles. The van der Waals surface area contributed by atoms with Gasteiger partial charge in [0.15, 0.2) is 5.58 Å². The van der Waals surface area contributed by atoms with Crippen LogP contribution in [0.15, 0.2) is 57.0 Å². The van der Waals surface area contributed by atoms with Crippen LogP contribution in [0.2, 0.25) is 0 Å². The van der Waals surface area contributed by atoms with E-state index in [-0.39, 0.29) is 29.0 Å². The lowest BCUT2D eigenvalue weighted by atomic mass is 10.1. The number of nitrogens with one attached hydrogen (secondary N) is 1. The molecule has 0 radical (unpaired) electrons. The van der Waals surface area contributed by atoms with Crippen molar-refractivity contribution in [1.29, 1.82) is 0 Å². The Kier molecular flexibility index (Phi) is 9.46. The average Bonchev–Trinajstić information content (AvgIpc) is 3.27. The molecule has 1 aliphatic rings. The Bertz CT molecular complexity index is 1240. The van der Waals surface area contributed by atoms with Gasteiger partial charge in [0.05, 0.1) is 10.6 Å². The van der Waals surface area contributed by atoms with Gasteiger partial charge in [-0.3, -0.25) is 4.79 Å². The van der Waals surface area contributed by atoms with Crippen molar-refractivity contribution >= 4 is 62.6 Å². The SMILES string of the molecule is CCN(CC)S(=O)(=O)c1ccc2oc(SCC(=O)Nc3ccc(N4CCCCC4)cc3)nc2c1.Cl. The van der Waals surface area contributed by atoms with Gasteiger partial charge >= 0.3 is 0 Å². The molecule has 190 valence electrons. The van der Waals surface area contributed by atoms with E-state index in [1.54, 1.807) is 19.9 Å². The van der Waals surface area contributed by atoms with E-state index in [1.165, 1.54) is 53.1 Å². The lowest BCUT2D eigenvalue weighted by Crippen LogP contribution is -2.30. The largest absolute Gasteiger partial charge is 0.431 e. The maximum Gasteiger partial charge on any atom is 0.257 e. The molecule has 0 saturated carbocycles. The number of hydrogen-bond donors (Lipinski definition) is 1. The molecule has 0 atom stereocenters. The minimum Gasteiger partial charge on any atom is -0.431 e. The number of thioether (sulfide) groups is 1. The third-order valence-corrected chi connectivity index (χ3v) is 8.76. The molecule has 1 saturated heterocycles. The number of piperidine rings is 1. The molecule has 0 unspecified atom stereocenters. The maximum absolute atomic E-state index is 12.8. The van der Waals surface area contributed by atoms with E-state index in [2.05, 4.69) is 15.2 Å². The first-order chi connectivity index (χ1) is 16.4. The van der Waals surface area contributed by atoms with Gasteiger partial charge in [0.25, 0.3) is 5.22 Å². The Hall–Kier alpha value is -2.27. The predicted octanol–water partition coefficient (Wildman–Crippen LogP) is 5.00. The average molecular weight is 539 g/mol. The number of rotatable bonds is 9. The van der Waals surface area contributed by atoms with Gasteiger partial charge in [-0.2, -0.15) is 4.31 Å². The molecule has 0 aliphatic carbocycles. The van der Waals surface area contributed by atoms with Gasteiger partial charge in [-0.15, -0.1) is 12.4 Å². The second-order valence-electron chi connectivity index (χ2n) is 8.13. The summed E-state index contributed by atoms with van der Waals surface area (Å²) in [6, 6.07) is 12.6. The highest BCUT2D eigenvalue weighted by Crippen LogP contribution is 2.27. The number of halogens is 1. The zero-order valence-electron chi connectivity index (χ0n) is 19.9. The number of amides is 1. The Balaban J connectivity index is 0.00000342. The van der Waals surface area contributed by atoms with E-state index >= 15 is 0 Å². The summed E-state index contributed by atoms with van der Waals surface area (Å²) >= 11 is 1.17. The van der Waals surface area contributed by atoms with E-state index in [9.17, 15) is 13.2 Å². The van der Waals surface area contributed by atoms with Gasteiger partial charge in [-0.1, -0.05) is 25.6 Å². The molecule has 3 aromatic rings. The molecule has 1 fully saturated rings. The highest BCUT2D eigenvalue weighted by molar-refractivity contribution is 7.99. The molecule has 35 heavy (non-hydrogen) atoms. The minimum atomic E-state index is -3.58. The normalized spacial score (nSPS) is 14.2. The highest BCUT2D eigenvalue weighted by atomic mass is 35.5. The topological polar surface area (TPSA) is 95.8 Å². The molecule has 1 N–H and O–H groups in total. The number of sulfonamides is 1. The van der Waals surface area contributed by atoms with Crippen LogP contribution in [0.4, 0.5) is 11.4 Å². The Morgan fingerprint density at radius 2 is 1.77 bits per heavy atom. The van der Waals surface area contributed by atoms with Crippen LogP contribution < -0.4 is 10.2 Å². The van der Waals surface area contributed by atoms with E-state index < -0.39 is 10.0 Å². The summed E-state index contributed by atoms with van der Waals surface area (Å²) in [5.41, 5.74) is 2.86. The van der Waals surface area contributed by atoms with Gasteiger partial charge in [-0.25, -0.2) is 13.4 Å². The number of hydrogen-bond acceptors (Lipinski definition) is 7. The molecular formula is C24H31ClN4O4S2. The fourth-order valence-electron chi connectivity index (χ4n) is 4.05. The van der Waals surface area contributed by atoms with Crippen molar-refractivity contribution in [3.63, 3.8) is 0 Å². The fraction of sp³-hybridized carbons (Fsp3) is 0.417. The number of benzene rings is 2. The molecule has 11 heteroatoms. The molecule has 0 bridgehead atoms. The van der Waals surface area contributed by atoms with Crippen LogP contribution in [0.3, 0.4) is 0 Å². The molecule has 1 aliphatic heterocycles. The Morgan fingerprint density at radius 1 is 1.09 bits per heavy atom. The summed E-state index contributed by atoms with van der Waals surface area (Å²) in [6.45, 7) is 6.56. The van der Waals surface area contributed by atoms with Crippen molar-refractivity contribution in [3.05, 3.63) is 42.5 Å². The number of oxazole rings is 1. The van der Waals surface area contributed by atoms with Crippen molar-refractivity contribution in [2.75, 3.05) is 42.1 Å². The number of carbonyl (C=O) groups excluding carboxylic acids is 1. The number of anilines is 2. The van der Waals surface area contributed by atoms with E-state index in [0.29, 0.717) is 29.4 Å².